The first kappa shape index (κ1) is 9.48. The highest BCUT2D eigenvalue weighted by molar-refractivity contribution is 5.84. The standard InChI is InChI=1S/C8H16N3O/c1-2-11-8(7(9)12)3-5-10-6-4-8/h11H,2-6H2,1H3,(H2,9,12). The molecule has 0 spiro atoms. The van der Waals surface area contributed by atoms with Crippen molar-refractivity contribution in [2.45, 2.75) is 25.3 Å². The first-order valence-electron chi connectivity index (χ1n) is 4.39. The van der Waals surface area contributed by atoms with Crippen LogP contribution in [0, 0.1) is 0 Å². The minimum absolute atomic E-state index is 0.237. The van der Waals surface area contributed by atoms with E-state index < -0.39 is 5.54 Å². The van der Waals surface area contributed by atoms with Crippen LogP contribution in [0.3, 0.4) is 0 Å². The van der Waals surface area contributed by atoms with E-state index >= 15 is 0 Å². The molecule has 12 heavy (non-hydrogen) atoms. The maximum atomic E-state index is 11.2. The summed E-state index contributed by atoms with van der Waals surface area (Å²) in [6, 6.07) is 0. The zero-order valence-corrected chi connectivity index (χ0v) is 7.47. The first-order chi connectivity index (χ1) is 5.71. The van der Waals surface area contributed by atoms with E-state index in [1.807, 2.05) is 6.92 Å². The fourth-order valence-corrected chi connectivity index (χ4v) is 1.63. The van der Waals surface area contributed by atoms with Gasteiger partial charge in [-0.25, -0.2) is 5.32 Å². The highest BCUT2D eigenvalue weighted by Crippen LogP contribution is 2.17. The minimum Gasteiger partial charge on any atom is -0.368 e. The molecule has 0 bridgehead atoms. The molecule has 4 nitrogen and oxygen atoms in total. The van der Waals surface area contributed by atoms with Gasteiger partial charge in [-0.05, 0) is 19.4 Å². The van der Waals surface area contributed by atoms with Crippen LogP contribution < -0.4 is 16.4 Å². The maximum Gasteiger partial charge on any atom is 0.237 e. The summed E-state index contributed by atoms with van der Waals surface area (Å²) < 4.78 is 0. The van der Waals surface area contributed by atoms with Gasteiger partial charge >= 0.3 is 0 Å². The normalized spacial score (nSPS) is 22.1. The topological polar surface area (TPSA) is 69.2 Å². The highest BCUT2D eigenvalue weighted by atomic mass is 16.1. The van der Waals surface area contributed by atoms with Crippen LogP contribution in [0.4, 0.5) is 0 Å². The lowest BCUT2D eigenvalue weighted by molar-refractivity contribution is -0.125. The summed E-state index contributed by atoms with van der Waals surface area (Å²) in [5.41, 5.74) is 4.87. The fourth-order valence-electron chi connectivity index (χ4n) is 1.63. The zero-order valence-electron chi connectivity index (χ0n) is 7.47. The Morgan fingerprint density at radius 2 is 2.17 bits per heavy atom. The van der Waals surface area contributed by atoms with Crippen LogP contribution in [0.1, 0.15) is 19.8 Å². The molecule has 1 aliphatic heterocycles. The molecule has 1 amide bonds. The Morgan fingerprint density at radius 1 is 1.58 bits per heavy atom. The molecule has 1 saturated heterocycles. The van der Waals surface area contributed by atoms with Crippen LogP contribution >= 0.6 is 0 Å². The molecule has 3 N–H and O–H groups in total. The number of rotatable bonds is 3. The number of primary amides is 1. The lowest BCUT2D eigenvalue weighted by atomic mass is 9.87. The van der Waals surface area contributed by atoms with Crippen LogP contribution in [0.15, 0.2) is 0 Å². The average Bonchev–Trinajstić information content (AvgIpc) is 2.06. The first-order valence-corrected chi connectivity index (χ1v) is 4.39. The molecule has 0 aromatic carbocycles. The average molecular weight is 170 g/mol. The highest BCUT2D eigenvalue weighted by Gasteiger charge is 2.36. The molecule has 0 aromatic heterocycles. The molecular formula is C8H16N3O. The Balaban J connectivity index is 2.63. The van der Waals surface area contributed by atoms with E-state index in [0.717, 1.165) is 32.5 Å². The predicted molar refractivity (Wildman–Crippen MR) is 46.7 cm³/mol. The van der Waals surface area contributed by atoms with Crippen molar-refractivity contribution in [3.05, 3.63) is 0 Å². The van der Waals surface area contributed by atoms with Crippen LogP contribution in [-0.4, -0.2) is 31.1 Å². The van der Waals surface area contributed by atoms with Crippen molar-refractivity contribution in [2.24, 2.45) is 5.73 Å². The minimum atomic E-state index is -0.476. The van der Waals surface area contributed by atoms with Gasteiger partial charge in [-0.3, -0.25) is 4.79 Å². The summed E-state index contributed by atoms with van der Waals surface area (Å²) in [6.45, 7) is 4.26. The van der Waals surface area contributed by atoms with Gasteiger partial charge in [0, 0.05) is 13.1 Å². The third-order valence-electron chi connectivity index (χ3n) is 2.38. The Bertz CT molecular complexity index is 158. The molecule has 1 rings (SSSR count). The monoisotopic (exact) mass is 170 g/mol. The Morgan fingerprint density at radius 3 is 2.58 bits per heavy atom. The summed E-state index contributed by atoms with van der Waals surface area (Å²) in [6.07, 6.45) is 1.49. The van der Waals surface area contributed by atoms with Crippen molar-refractivity contribution in [3.63, 3.8) is 0 Å². The van der Waals surface area contributed by atoms with Gasteiger partial charge in [0.15, 0.2) is 0 Å². The molecule has 1 fully saturated rings. The number of nitrogens with one attached hydrogen (secondary N) is 1. The van der Waals surface area contributed by atoms with Crippen molar-refractivity contribution < 1.29 is 4.79 Å². The third kappa shape index (κ3) is 1.76. The van der Waals surface area contributed by atoms with Gasteiger partial charge in [0.1, 0.15) is 5.54 Å². The predicted octanol–water partition coefficient (Wildman–Crippen LogP) is -0.782. The molecule has 4 heteroatoms. The van der Waals surface area contributed by atoms with E-state index in [2.05, 4.69) is 10.6 Å². The summed E-state index contributed by atoms with van der Waals surface area (Å²) in [5.74, 6) is -0.237. The van der Waals surface area contributed by atoms with Crippen molar-refractivity contribution in [2.75, 3.05) is 19.6 Å². The van der Waals surface area contributed by atoms with E-state index in [0.29, 0.717) is 0 Å². The van der Waals surface area contributed by atoms with E-state index in [9.17, 15) is 4.79 Å². The molecule has 0 saturated carbocycles. The van der Waals surface area contributed by atoms with Crippen LogP contribution in [-0.2, 0) is 4.79 Å². The molecule has 1 heterocycles. The van der Waals surface area contributed by atoms with Gasteiger partial charge in [-0.1, -0.05) is 6.92 Å². The Labute approximate surface area is 72.9 Å². The third-order valence-corrected chi connectivity index (χ3v) is 2.38. The molecule has 1 aliphatic rings. The van der Waals surface area contributed by atoms with E-state index in [1.54, 1.807) is 0 Å². The molecule has 69 valence electrons. The molecule has 0 aromatic rings. The summed E-state index contributed by atoms with van der Waals surface area (Å²) in [7, 11) is 0. The summed E-state index contributed by atoms with van der Waals surface area (Å²) >= 11 is 0. The van der Waals surface area contributed by atoms with Crippen molar-refractivity contribution in [1.29, 1.82) is 0 Å². The molecular weight excluding hydrogens is 154 g/mol. The lowest BCUT2D eigenvalue weighted by Gasteiger charge is -2.34. The van der Waals surface area contributed by atoms with Gasteiger partial charge in [0.2, 0.25) is 5.91 Å². The van der Waals surface area contributed by atoms with Gasteiger partial charge in [0.25, 0.3) is 0 Å². The fraction of sp³-hybridized carbons (Fsp3) is 0.875. The van der Waals surface area contributed by atoms with Gasteiger partial charge in [-0.15, -0.1) is 0 Å². The second-order valence-corrected chi connectivity index (χ2v) is 3.15. The largest absolute Gasteiger partial charge is 0.368 e. The summed E-state index contributed by atoms with van der Waals surface area (Å²) in [5, 5.41) is 7.35. The SMILES string of the molecule is CCNC1(C(N)=O)CC[N]CC1. The molecule has 0 unspecified atom stereocenters. The number of hydrogen-bond acceptors (Lipinski definition) is 2. The number of amides is 1. The number of carbonyl (C=O) groups is 1. The van der Waals surface area contributed by atoms with Crippen LogP contribution in [0.2, 0.25) is 0 Å². The van der Waals surface area contributed by atoms with E-state index in [1.165, 1.54) is 0 Å². The smallest absolute Gasteiger partial charge is 0.237 e. The quantitative estimate of drug-likeness (QED) is 0.583. The van der Waals surface area contributed by atoms with Crippen LogP contribution in [0.25, 0.3) is 0 Å². The number of carbonyl (C=O) groups excluding carboxylic acids is 1. The van der Waals surface area contributed by atoms with Crippen LogP contribution in [0.5, 0.6) is 0 Å². The Kier molecular flexibility index (Phi) is 3.05. The molecule has 1 radical (unpaired) electrons. The van der Waals surface area contributed by atoms with E-state index in [4.69, 9.17) is 5.73 Å². The zero-order chi connectivity index (χ0) is 9.03. The number of likely N-dealkylation sites (N-methyl/N-ethyl adjacent to an activating group) is 1. The second kappa shape index (κ2) is 3.87. The summed E-state index contributed by atoms with van der Waals surface area (Å²) in [4.78, 5) is 11.2. The number of hydrogen-bond donors (Lipinski definition) is 2. The second-order valence-electron chi connectivity index (χ2n) is 3.15. The Hall–Kier alpha value is -0.610. The number of nitrogens with zero attached hydrogens (tertiary/aromatic N) is 1. The van der Waals surface area contributed by atoms with Gasteiger partial charge in [-0.2, -0.15) is 0 Å². The molecule has 0 aliphatic carbocycles. The van der Waals surface area contributed by atoms with Crippen molar-refractivity contribution in [3.8, 4) is 0 Å². The lowest BCUT2D eigenvalue weighted by Crippen LogP contribution is -2.59. The van der Waals surface area contributed by atoms with E-state index in [-0.39, 0.29) is 5.91 Å². The maximum absolute atomic E-state index is 11.2. The molecule has 0 atom stereocenters. The van der Waals surface area contributed by atoms with Gasteiger partial charge in [0.05, 0.1) is 0 Å². The number of nitrogens with two attached hydrogens (primary N) is 1. The van der Waals surface area contributed by atoms with Gasteiger partial charge < -0.3 is 11.1 Å². The van der Waals surface area contributed by atoms with Crippen molar-refractivity contribution in [1.82, 2.24) is 10.6 Å². The van der Waals surface area contributed by atoms with Crippen molar-refractivity contribution >= 4 is 5.91 Å². The number of piperidine rings is 1.